The van der Waals surface area contributed by atoms with Crippen molar-refractivity contribution >= 4 is 110 Å². The zero-order valence-corrected chi connectivity index (χ0v) is 70.9. The summed E-state index contributed by atoms with van der Waals surface area (Å²) >= 11 is 23.6. The monoisotopic (exact) mass is 1770 g/mol. The molecular formula is C91H86Cl4F4N10O15. The van der Waals surface area contributed by atoms with Gasteiger partial charge >= 0.3 is 17.8 Å². The zero-order valence-electron chi connectivity index (χ0n) is 67.8. The van der Waals surface area contributed by atoms with Crippen molar-refractivity contribution in [3.05, 3.63) is 238 Å². The second-order valence-corrected chi connectivity index (χ2v) is 36.2. The fraction of sp³-hybridized carbons (Fsp3) is 0.385. The highest BCUT2D eigenvalue weighted by Gasteiger charge is 2.71. The number of esters is 1. The number of nitriles is 1. The molecule has 124 heavy (non-hydrogen) atoms. The van der Waals surface area contributed by atoms with E-state index in [2.05, 4.69) is 52.3 Å². The van der Waals surface area contributed by atoms with Gasteiger partial charge in [0, 0.05) is 86.9 Å². The Kier molecular flexibility index (Phi) is 25.2. The van der Waals surface area contributed by atoms with E-state index >= 15 is 0 Å². The normalized spacial score (nSPS) is 23.5. The van der Waals surface area contributed by atoms with Crippen molar-refractivity contribution in [2.24, 2.45) is 21.7 Å². The van der Waals surface area contributed by atoms with Crippen molar-refractivity contribution in [3.63, 3.8) is 0 Å². The molecule has 0 saturated heterocycles. The van der Waals surface area contributed by atoms with Crippen molar-refractivity contribution in [3.8, 4) is 29.1 Å². The van der Waals surface area contributed by atoms with E-state index in [4.69, 9.17) is 75.3 Å². The minimum atomic E-state index is -4.54. The lowest BCUT2D eigenvalue weighted by Gasteiger charge is -2.70. The van der Waals surface area contributed by atoms with E-state index < -0.39 is 29.6 Å². The van der Waals surface area contributed by atoms with Crippen molar-refractivity contribution < 1.29 is 84.4 Å². The fourth-order valence-corrected chi connectivity index (χ4v) is 19.8. The van der Waals surface area contributed by atoms with Gasteiger partial charge in [-0.15, -0.1) is 0 Å². The van der Waals surface area contributed by atoms with Gasteiger partial charge in [0.25, 0.3) is 23.6 Å². The highest BCUT2D eigenvalue weighted by atomic mass is 35.5. The number of ether oxygens (including phenoxy) is 5. The van der Waals surface area contributed by atoms with E-state index in [-0.39, 0.29) is 158 Å². The number of benzene rings is 5. The number of Topliss-reactive ketones (excluding diaryl/α,β-unsaturated/α-hetero) is 4. The Morgan fingerprint density at radius 3 is 1.43 bits per heavy atom. The molecule has 12 aliphatic carbocycles. The molecule has 0 aliphatic heterocycles. The molecule has 646 valence electrons. The molecule has 4 aromatic heterocycles. The summed E-state index contributed by atoms with van der Waals surface area (Å²) in [5.41, 5.74) is 2.90. The van der Waals surface area contributed by atoms with Gasteiger partial charge in [-0.05, 0) is 258 Å². The molecule has 33 heteroatoms. The number of aromatic nitrogens is 5. The Morgan fingerprint density at radius 1 is 0.500 bits per heavy atom. The number of halogens is 8. The van der Waals surface area contributed by atoms with Crippen molar-refractivity contribution in [1.29, 1.82) is 5.26 Å². The van der Waals surface area contributed by atoms with Gasteiger partial charge in [-0.25, -0.2) is 19.0 Å². The molecule has 4 heterocycles. The van der Waals surface area contributed by atoms with E-state index in [9.17, 15) is 65.5 Å². The number of aromatic amines is 2. The lowest BCUT2D eigenvalue weighted by molar-refractivity contribution is -0.165. The smallest absolute Gasteiger partial charge is 0.433 e. The number of nitrogens with zero attached hydrogens (tertiary/aromatic N) is 4. The summed E-state index contributed by atoms with van der Waals surface area (Å²) in [5.74, 6) is -0.218. The molecule has 25 nitrogen and oxygen atoms in total. The molecule has 4 amide bonds. The topological polar surface area (TPSA) is 359 Å². The molecule has 6 N–H and O–H groups in total. The number of hydrogen-bond acceptors (Lipinski definition) is 19. The second kappa shape index (κ2) is 35.2. The summed E-state index contributed by atoms with van der Waals surface area (Å²) in [6, 6.07) is 37.3. The fourth-order valence-electron chi connectivity index (χ4n) is 19.3. The van der Waals surface area contributed by atoms with Crippen LogP contribution in [0.2, 0.25) is 20.1 Å². The van der Waals surface area contributed by atoms with Gasteiger partial charge in [0.1, 0.15) is 65.7 Å². The molecule has 21 rings (SSSR count). The maximum absolute atomic E-state index is 13.4. The molecule has 9 aromatic rings. The minimum Gasteiger partial charge on any atom is -0.486 e. The van der Waals surface area contributed by atoms with Crippen LogP contribution in [0.25, 0.3) is 11.2 Å². The van der Waals surface area contributed by atoms with Crippen LogP contribution in [0.3, 0.4) is 0 Å². The molecule has 12 aliphatic rings. The van der Waals surface area contributed by atoms with Crippen molar-refractivity contribution in [2.75, 3.05) is 33.0 Å². The first kappa shape index (κ1) is 88.7. The molecule has 0 spiro atoms. The van der Waals surface area contributed by atoms with Crippen LogP contribution < -0.4 is 45.9 Å². The van der Waals surface area contributed by atoms with Gasteiger partial charge in [-0.2, -0.15) is 18.4 Å². The number of amides is 4. The summed E-state index contributed by atoms with van der Waals surface area (Å²) in [5, 5.41) is 22.9. The van der Waals surface area contributed by atoms with E-state index in [1.807, 2.05) is 45.0 Å². The predicted octanol–water partition coefficient (Wildman–Crippen LogP) is 15.8. The number of fused-ring (bicyclic) bond motifs is 1. The van der Waals surface area contributed by atoms with Crippen LogP contribution in [0, 0.1) is 59.6 Å². The van der Waals surface area contributed by atoms with Crippen LogP contribution in [-0.2, 0) is 36.5 Å². The summed E-state index contributed by atoms with van der Waals surface area (Å²) in [6.07, 6.45) is 8.53. The quantitative estimate of drug-likeness (QED) is 0.0133. The van der Waals surface area contributed by atoms with Crippen molar-refractivity contribution in [2.45, 2.75) is 165 Å². The van der Waals surface area contributed by atoms with Gasteiger partial charge in [0.2, 0.25) is 0 Å². The molecule has 0 unspecified atom stereocenters. The summed E-state index contributed by atoms with van der Waals surface area (Å²) in [6.45, 7) is 7.41. The number of nitrogens with one attached hydrogen (secondary N) is 6. The third kappa shape index (κ3) is 20.1. The van der Waals surface area contributed by atoms with Crippen molar-refractivity contribution in [1.82, 2.24) is 46.2 Å². The minimum absolute atomic E-state index is 0.00416. The van der Waals surface area contributed by atoms with Crippen LogP contribution >= 0.6 is 46.4 Å². The number of H-pyrrole nitrogens is 2. The lowest BCUT2D eigenvalue weighted by atomic mass is 9.38. The predicted molar refractivity (Wildman–Crippen MR) is 448 cm³/mol. The van der Waals surface area contributed by atoms with Gasteiger partial charge in [0.05, 0.1) is 40.8 Å². The number of aryl methyl sites for hydroxylation is 3. The third-order valence-electron chi connectivity index (χ3n) is 24.2. The third-order valence-corrected chi connectivity index (χ3v) is 25.8. The summed E-state index contributed by atoms with van der Waals surface area (Å²) < 4.78 is 78.3. The average molecular weight is 1780 g/mol. The first-order chi connectivity index (χ1) is 58.8. The van der Waals surface area contributed by atoms with Crippen LogP contribution in [0.1, 0.15) is 190 Å². The van der Waals surface area contributed by atoms with Gasteiger partial charge in [-0.3, -0.25) is 53.3 Å². The standard InChI is InChI=1S/C24H23ClN2O3.C23H22ClFN2O5.C22H20ClF3N2O3.C22H21ClN4O4/c1-16-10-19(6-7-21(16)25)30-12-18(28)11-23-13-24(14-23,15-23)27-22(29)20-5-3-2-4-17(20)8-9-26;1-2-31-21(30)14-5-6-26-18(7-14)19(28)9-22-11-23(12-22,13-22)27-20(29)10-32-15-3-4-16(24)17(25)8-15;1-13-6-16(3-4-17(13)23)31-9-15(29)7-20-10-21(11-20,12-20)28-19(30)14-2-5-18(27-8-14)22(24,25)26;1-12-6-14(2-3-15(12)23)31-8-13(28)7-21-9-22(10-21,11-21)27-19(29)17-5-4-16-18(24-17)26-20(30)25-16/h2-7,10H,8,11-15H2,1H3,(H,27,29);3-8H,2,9-13H2,1H3,(H,27,29);2-6,8H,7,9-12H2,1H3,(H,28,30);2-6H,7-11H2,1H3,(H,27,29)(H2,24,25,26,30). The Bertz CT molecular complexity index is 5800. The molecule has 12 fully saturated rings. The van der Waals surface area contributed by atoms with E-state index in [0.717, 1.165) is 85.2 Å². The molecule has 0 atom stereocenters. The number of rotatable bonds is 31. The molecular weight excluding hydrogens is 1690 g/mol. The maximum Gasteiger partial charge on any atom is 0.433 e. The van der Waals surface area contributed by atoms with Crippen LogP contribution in [0.15, 0.2) is 151 Å². The van der Waals surface area contributed by atoms with Crippen LogP contribution in [0.4, 0.5) is 17.6 Å². The average Bonchev–Trinajstić information content (AvgIpc) is 0.715. The van der Waals surface area contributed by atoms with E-state index in [1.54, 1.807) is 73.7 Å². The van der Waals surface area contributed by atoms with Crippen LogP contribution in [0.5, 0.6) is 23.0 Å². The lowest BCUT2D eigenvalue weighted by Crippen LogP contribution is -2.75. The SMILES string of the molecule is CCOC(=O)c1ccnc(C(=O)CC23CC(NC(=O)COc4ccc(Cl)c(F)c4)(C2)C3)c1.Cc1cc(OCC(=O)CC23CC(NC(=O)c4ccc(C(F)(F)F)nc4)(C2)C3)ccc1Cl.Cc1cc(OCC(=O)CC23CC(NC(=O)c4ccc5[nH]c(=O)[nH]c5n4)(C2)C3)ccc1Cl.Cc1cc(OCC(=O)CC23CC(NC(=O)c4ccccc4CC#N)(C2)C3)ccc1Cl. The largest absolute Gasteiger partial charge is 0.486 e. The number of alkyl halides is 3. The molecule has 0 radical (unpaired) electrons. The summed E-state index contributed by atoms with van der Waals surface area (Å²) in [7, 11) is 0. The zero-order chi connectivity index (χ0) is 88.5. The van der Waals surface area contributed by atoms with Crippen LogP contribution in [-0.4, -0.2) is 133 Å². The number of pyridine rings is 3. The van der Waals surface area contributed by atoms with E-state index in [0.29, 0.717) is 119 Å². The number of carbonyl (C=O) groups is 9. The maximum atomic E-state index is 13.4. The molecule has 5 aromatic carbocycles. The second-order valence-electron chi connectivity index (χ2n) is 34.6. The van der Waals surface area contributed by atoms with Gasteiger partial charge in [-0.1, -0.05) is 64.6 Å². The molecule has 8 bridgehead atoms. The van der Waals surface area contributed by atoms with E-state index in [1.165, 1.54) is 30.5 Å². The van der Waals surface area contributed by atoms with Gasteiger partial charge in [0.15, 0.2) is 35.4 Å². The Balaban J connectivity index is 0.000000135. The summed E-state index contributed by atoms with van der Waals surface area (Å²) in [4.78, 5) is 140. The first-order valence-electron chi connectivity index (χ1n) is 40.1. The number of ketones is 4. The van der Waals surface area contributed by atoms with Gasteiger partial charge < -0.3 is 49.9 Å². The first-order valence-corrected chi connectivity index (χ1v) is 41.6. The number of imidazole rings is 1. The highest BCUT2D eigenvalue weighted by molar-refractivity contribution is 6.32. The Hall–Kier alpha value is -11.6. The Morgan fingerprint density at radius 2 is 0.960 bits per heavy atom. The Labute approximate surface area is 729 Å². The number of hydrogen-bond donors (Lipinski definition) is 6. The number of carbonyl (C=O) groups excluding carboxylic acids is 9. The highest BCUT2D eigenvalue weighted by Crippen LogP contribution is 2.72. The molecule has 12 saturated carbocycles.